The molecule has 0 spiro atoms. The van der Waals surface area contributed by atoms with Crippen molar-refractivity contribution in [3.63, 3.8) is 0 Å². The normalized spacial score (nSPS) is 11.3. The highest BCUT2D eigenvalue weighted by Gasteiger charge is 2.12. The zero-order valence-corrected chi connectivity index (χ0v) is 16.2. The second kappa shape index (κ2) is 7.14. The fraction of sp³-hybridized carbons (Fsp3) is 0.0500. The van der Waals surface area contributed by atoms with Crippen molar-refractivity contribution >= 4 is 44.2 Å². The first kappa shape index (κ1) is 17.0. The number of nitrogens with zero attached hydrogens (tertiary/aromatic N) is 5. The van der Waals surface area contributed by atoms with E-state index in [0.717, 1.165) is 25.7 Å². The van der Waals surface area contributed by atoms with Crippen molar-refractivity contribution in [1.29, 1.82) is 0 Å². The standard InChI is InChI=1S/C20H13N5OS2/c26-20-14-8-4-5-9-16(14)23-24-25(20)12-27-18-15-10-17(13-6-2-1-3-7-13)28-19(15)22-11-21-18/h1-11H,12H2. The summed E-state index contributed by atoms with van der Waals surface area (Å²) in [6.45, 7) is 0. The molecule has 0 unspecified atom stereocenters. The largest absolute Gasteiger partial charge is 0.278 e. The van der Waals surface area contributed by atoms with Gasteiger partial charge >= 0.3 is 0 Å². The summed E-state index contributed by atoms with van der Waals surface area (Å²) in [5.74, 6) is 0.333. The van der Waals surface area contributed by atoms with Gasteiger partial charge in [-0.05, 0) is 23.8 Å². The molecule has 0 aliphatic carbocycles. The van der Waals surface area contributed by atoms with E-state index in [-0.39, 0.29) is 5.56 Å². The topological polar surface area (TPSA) is 73.6 Å². The monoisotopic (exact) mass is 403 g/mol. The summed E-state index contributed by atoms with van der Waals surface area (Å²) in [6.07, 6.45) is 1.56. The van der Waals surface area contributed by atoms with Gasteiger partial charge in [-0.25, -0.2) is 9.97 Å². The fourth-order valence-corrected chi connectivity index (χ4v) is 4.84. The molecule has 5 aromatic rings. The number of hydrogen-bond donors (Lipinski definition) is 0. The molecular formula is C20H13N5OS2. The molecule has 2 aromatic carbocycles. The zero-order chi connectivity index (χ0) is 18.9. The minimum Gasteiger partial charge on any atom is -0.267 e. The number of fused-ring (bicyclic) bond motifs is 2. The third-order valence-electron chi connectivity index (χ3n) is 4.30. The van der Waals surface area contributed by atoms with Crippen LogP contribution in [0.25, 0.3) is 31.6 Å². The van der Waals surface area contributed by atoms with E-state index in [1.54, 1.807) is 29.8 Å². The zero-order valence-electron chi connectivity index (χ0n) is 14.5. The van der Waals surface area contributed by atoms with Crippen LogP contribution in [-0.2, 0) is 5.88 Å². The molecule has 3 aromatic heterocycles. The molecule has 0 saturated heterocycles. The van der Waals surface area contributed by atoms with Crippen molar-refractivity contribution in [2.45, 2.75) is 10.9 Å². The minimum absolute atomic E-state index is 0.154. The Kier molecular flexibility index (Phi) is 4.34. The van der Waals surface area contributed by atoms with E-state index in [1.165, 1.54) is 16.4 Å². The van der Waals surface area contributed by atoms with Gasteiger partial charge < -0.3 is 0 Å². The molecule has 8 heteroatoms. The maximum absolute atomic E-state index is 12.6. The van der Waals surface area contributed by atoms with Crippen molar-refractivity contribution < 1.29 is 0 Å². The number of benzene rings is 2. The lowest BCUT2D eigenvalue weighted by Gasteiger charge is -2.04. The highest BCUT2D eigenvalue weighted by Crippen LogP contribution is 2.36. The second-order valence-corrected chi connectivity index (χ2v) is 8.02. The lowest BCUT2D eigenvalue weighted by atomic mass is 10.2. The van der Waals surface area contributed by atoms with Crippen molar-refractivity contribution in [2.75, 3.05) is 0 Å². The summed E-state index contributed by atoms with van der Waals surface area (Å²) in [7, 11) is 0. The summed E-state index contributed by atoms with van der Waals surface area (Å²) in [5.41, 5.74) is 1.60. The molecule has 0 saturated carbocycles. The predicted octanol–water partition coefficient (Wildman–Crippen LogP) is 4.21. The summed E-state index contributed by atoms with van der Waals surface area (Å²) in [6, 6.07) is 19.5. The molecule has 136 valence electrons. The van der Waals surface area contributed by atoms with Crippen molar-refractivity contribution in [3.8, 4) is 10.4 Å². The smallest absolute Gasteiger partial charge is 0.267 e. The molecule has 28 heavy (non-hydrogen) atoms. The van der Waals surface area contributed by atoms with Crippen molar-refractivity contribution in [2.24, 2.45) is 0 Å². The second-order valence-electron chi connectivity index (χ2n) is 6.06. The molecule has 0 aliphatic rings. The maximum atomic E-state index is 12.6. The van der Waals surface area contributed by atoms with Crippen LogP contribution in [-0.4, -0.2) is 25.0 Å². The van der Waals surface area contributed by atoms with Crippen LogP contribution in [0.5, 0.6) is 0 Å². The van der Waals surface area contributed by atoms with Gasteiger partial charge in [0.15, 0.2) is 0 Å². The lowest BCUT2D eigenvalue weighted by molar-refractivity contribution is 0.644. The van der Waals surface area contributed by atoms with Crippen molar-refractivity contribution in [3.05, 3.63) is 77.3 Å². The van der Waals surface area contributed by atoms with Crippen molar-refractivity contribution in [1.82, 2.24) is 25.0 Å². The number of aromatic nitrogens is 5. The Balaban J connectivity index is 1.48. The first-order chi connectivity index (χ1) is 13.8. The van der Waals surface area contributed by atoms with Crippen LogP contribution in [0.3, 0.4) is 0 Å². The van der Waals surface area contributed by atoms with Gasteiger partial charge in [-0.1, -0.05) is 59.4 Å². The van der Waals surface area contributed by atoms with E-state index >= 15 is 0 Å². The molecule has 0 bridgehead atoms. The Morgan fingerprint density at radius 1 is 0.964 bits per heavy atom. The van der Waals surface area contributed by atoms with E-state index in [2.05, 4.69) is 38.5 Å². The number of thioether (sulfide) groups is 1. The highest BCUT2D eigenvalue weighted by molar-refractivity contribution is 7.98. The molecule has 3 heterocycles. The van der Waals surface area contributed by atoms with Gasteiger partial charge in [-0.3, -0.25) is 4.79 Å². The van der Waals surface area contributed by atoms with Crippen LogP contribution in [0.15, 0.2) is 76.8 Å². The molecule has 0 amide bonds. The van der Waals surface area contributed by atoms with Gasteiger partial charge in [0.05, 0.1) is 11.3 Å². The summed E-state index contributed by atoms with van der Waals surface area (Å²) < 4.78 is 1.37. The van der Waals surface area contributed by atoms with Gasteiger partial charge in [0.2, 0.25) is 0 Å². The first-order valence-corrected chi connectivity index (χ1v) is 10.3. The third-order valence-corrected chi connectivity index (χ3v) is 6.37. The van der Waals surface area contributed by atoms with Crippen LogP contribution in [0, 0.1) is 0 Å². The van der Waals surface area contributed by atoms with E-state index in [9.17, 15) is 4.79 Å². The van der Waals surface area contributed by atoms with Gasteiger partial charge in [0.1, 0.15) is 21.7 Å². The summed E-state index contributed by atoms with van der Waals surface area (Å²) in [5, 5.41) is 10.5. The maximum Gasteiger partial charge on any atom is 0.278 e. The third kappa shape index (κ3) is 3.06. The van der Waals surface area contributed by atoms with E-state index in [0.29, 0.717) is 16.8 Å². The van der Waals surface area contributed by atoms with Crippen LogP contribution in [0.1, 0.15) is 0 Å². The highest BCUT2D eigenvalue weighted by atomic mass is 32.2. The molecule has 0 atom stereocenters. The lowest BCUT2D eigenvalue weighted by Crippen LogP contribution is -2.23. The molecule has 0 radical (unpaired) electrons. The molecular weight excluding hydrogens is 390 g/mol. The molecule has 0 aliphatic heterocycles. The Labute approximate surface area is 167 Å². The van der Waals surface area contributed by atoms with E-state index in [1.807, 2.05) is 30.3 Å². The number of thiophene rings is 1. The van der Waals surface area contributed by atoms with Crippen LogP contribution in [0.2, 0.25) is 0 Å². The van der Waals surface area contributed by atoms with Crippen LogP contribution >= 0.6 is 23.1 Å². The average Bonchev–Trinajstić information content (AvgIpc) is 3.19. The van der Waals surface area contributed by atoms with Crippen LogP contribution in [0.4, 0.5) is 0 Å². The quantitative estimate of drug-likeness (QED) is 0.331. The van der Waals surface area contributed by atoms with E-state index in [4.69, 9.17) is 0 Å². The number of rotatable bonds is 4. The SMILES string of the molecule is O=c1c2ccccc2nnn1CSc1ncnc2sc(-c3ccccc3)cc12. The summed E-state index contributed by atoms with van der Waals surface area (Å²) >= 11 is 3.08. The minimum atomic E-state index is -0.154. The van der Waals surface area contributed by atoms with Gasteiger partial charge in [-0.15, -0.1) is 16.4 Å². The molecule has 5 rings (SSSR count). The average molecular weight is 403 g/mol. The Morgan fingerprint density at radius 3 is 2.68 bits per heavy atom. The van der Waals surface area contributed by atoms with Gasteiger partial charge in [0, 0.05) is 10.3 Å². The Hall–Kier alpha value is -3.10. The fourth-order valence-electron chi connectivity index (χ4n) is 2.92. The molecule has 0 N–H and O–H groups in total. The Morgan fingerprint density at radius 2 is 1.79 bits per heavy atom. The Bertz CT molecular complexity index is 1350. The van der Waals surface area contributed by atoms with E-state index < -0.39 is 0 Å². The molecule has 6 nitrogen and oxygen atoms in total. The molecule has 0 fully saturated rings. The first-order valence-electron chi connectivity index (χ1n) is 8.55. The van der Waals surface area contributed by atoms with Gasteiger partial charge in [0.25, 0.3) is 5.56 Å². The predicted molar refractivity (Wildman–Crippen MR) is 113 cm³/mol. The van der Waals surface area contributed by atoms with Gasteiger partial charge in [-0.2, -0.15) is 4.68 Å². The summed E-state index contributed by atoms with van der Waals surface area (Å²) in [4.78, 5) is 23.5. The number of hydrogen-bond acceptors (Lipinski definition) is 7. The van der Waals surface area contributed by atoms with Crippen LogP contribution < -0.4 is 5.56 Å².